The monoisotopic (exact) mass is 331 g/mol. The van der Waals surface area contributed by atoms with E-state index in [2.05, 4.69) is 19.9 Å². The molecule has 25 heavy (non-hydrogen) atoms. The van der Waals surface area contributed by atoms with E-state index in [1.807, 2.05) is 47.0 Å². The lowest BCUT2D eigenvalue weighted by Gasteiger charge is -2.14. The van der Waals surface area contributed by atoms with Gasteiger partial charge < -0.3 is 14.7 Å². The number of H-pyrrole nitrogens is 1. The van der Waals surface area contributed by atoms with Crippen LogP contribution >= 0.6 is 0 Å². The Labute approximate surface area is 144 Å². The van der Waals surface area contributed by atoms with Gasteiger partial charge in [-0.1, -0.05) is 36.4 Å². The van der Waals surface area contributed by atoms with Crippen molar-refractivity contribution in [3.05, 3.63) is 79.1 Å². The van der Waals surface area contributed by atoms with Crippen molar-refractivity contribution in [2.75, 3.05) is 0 Å². The second kappa shape index (κ2) is 6.70. The molecule has 4 rings (SSSR count). The van der Waals surface area contributed by atoms with Crippen LogP contribution in [-0.4, -0.2) is 29.6 Å². The van der Waals surface area contributed by atoms with Crippen molar-refractivity contribution in [2.24, 2.45) is 0 Å². The molecule has 0 unspecified atom stereocenters. The van der Waals surface area contributed by atoms with Crippen molar-refractivity contribution >= 4 is 0 Å². The van der Waals surface area contributed by atoms with E-state index in [1.165, 1.54) is 0 Å². The van der Waals surface area contributed by atoms with E-state index in [4.69, 9.17) is 0 Å². The van der Waals surface area contributed by atoms with Gasteiger partial charge in [0.2, 0.25) is 0 Å². The van der Waals surface area contributed by atoms with Gasteiger partial charge in [0.25, 0.3) is 0 Å². The summed E-state index contributed by atoms with van der Waals surface area (Å²) in [4.78, 5) is 16.1. The van der Waals surface area contributed by atoms with Gasteiger partial charge in [0.15, 0.2) is 5.82 Å². The largest absolute Gasteiger partial charge is 0.386 e. The molecular weight excluding hydrogens is 314 g/mol. The molecule has 3 heterocycles. The lowest BCUT2D eigenvalue weighted by molar-refractivity contribution is 0.156. The van der Waals surface area contributed by atoms with E-state index in [0.717, 1.165) is 28.3 Å². The molecule has 124 valence electrons. The maximum absolute atomic E-state index is 10.6. The zero-order chi connectivity index (χ0) is 17.1. The molecular formula is C19H17N5O. The summed E-state index contributed by atoms with van der Waals surface area (Å²) < 4.78 is 1.92. The predicted molar refractivity (Wildman–Crippen MR) is 94.4 cm³/mol. The fourth-order valence-electron chi connectivity index (χ4n) is 2.84. The normalized spacial score (nSPS) is 12.2. The Kier molecular flexibility index (Phi) is 4.10. The molecule has 1 atom stereocenters. The summed E-state index contributed by atoms with van der Waals surface area (Å²) >= 11 is 0. The van der Waals surface area contributed by atoms with E-state index >= 15 is 0 Å². The topological polar surface area (TPSA) is 79.6 Å². The van der Waals surface area contributed by atoms with Gasteiger partial charge in [-0.3, -0.25) is 4.98 Å². The molecule has 6 heteroatoms. The average Bonchev–Trinajstić information content (AvgIpc) is 3.32. The Bertz CT molecular complexity index is 933. The van der Waals surface area contributed by atoms with E-state index in [-0.39, 0.29) is 0 Å². The van der Waals surface area contributed by atoms with Crippen molar-refractivity contribution in [1.29, 1.82) is 0 Å². The highest BCUT2D eigenvalue weighted by Gasteiger charge is 2.19. The summed E-state index contributed by atoms with van der Waals surface area (Å²) in [6.07, 6.45) is 7.90. The third kappa shape index (κ3) is 3.07. The van der Waals surface area contributed by atoms with E-state index in [9.17, 15) is 5.11 Å². The molecule has 3 aromatic heterocycles. The minimum Gasteiger partial charge on any atom is -0.386 e. The van der Waals surface area contributed by atoms with Gasteiger partial charge in [-0.15, -0.1) is 0 Å². The first-order chi connectivity index (χ1) is 12.3. The number of nitrogens with one attached hydrogen (secondary N) is 1. The second-order valence-corrected chi connectivity index (χ2v) is 5.70. The summed E-state index contributed by atoms with van der Waals surface area (Å²) in [5, 5.41) is 10.6. The van der Waals surface area contributed by atoms with Crippen LogP contribution < -0.4 is 0 Å². The molecule has 2 N–H and O–H groups in total. The maximum atomic E-state index is 10.6. The summed E-state index contributed by atoms with van der Waals surface area (Å²) in [6, 6.07) is 13.6. The molecule has 0 spiro atoms. The summed E-state index contributed by atoms with van der Waals surface area (Å²) in [5.41, 5.74) is 3.44. The zero-order valence-corrected chi connectivity index (χ0v) is 13.4. The highest BCUT2D eigenvalue weighted by atomic mass is 16.3. The van der Waals surface area contributed by atoms with E-state index < -0.39 is 6.10 Å². The number of aromatic nitrogens is 5. The van der Waals surface area contributed by atoms with Crippen LogP contribution in [0.5, 0.6) is 0 Å². The third-order valence-electron chi connectivity index (χ3n) is 4.05. The number of aliphatic hydroxyl groups excluding tert-OH is 1. The standard InChI is InChI=1S/C19H17N5O/c25-16(15-7-4-8-20-11-15)12-24-13-23-17(14-5-2-1-3-6-14)18(24)19-21-9-10-22-19/h1-11,13,16,25H,12H2,(H,21,22)/t16-/m0/s1. The molecule has 0 radical (unpaired) electrons. The summed E-state index contributed by atoms with van der Waals surface area (Å²) in [6.45, 7) is 0.363. The number of pyridine rings is 1. The van der Waals surface area contributed by atoms with Gasteiger partial charge in [0.05, 0.1) is 24.7 Å². The molecule has 0 amide bonds. The first-order valence-corrected chi connectivity index (χ1v) is 8.01. The molecule has 0 saturated heterocycles. The summed E-state index contributed by atoms with van der Waals surface area (Å²) in [7, 11) is 0. The second-order valence-electron chi connectivity index (χ2n) is 5.70. The van der Waals surface area contributed by atoms with Gasteiger partial charge in [-0.25, -0.2) is 9.97 Å². The Morgan fingerprint density at radius 3 is 2.64 bits per heavy atom. The summed E-state index contributed by atoms with van der Waals surface area (Å²) in [5.74, 6) is 0.717. The van der Waals surface area contributed by atoms with Crippen molar-refractivity contribution in [3.63, 3.8) is 0 Å². The van der Waals surface area contributed by atoms with Crippen LogP contribution in [0.1, 0.15) is 11.7 Å². The smallest absolute Gasteiger partial charge is 0.156 e. The predicted octanol–water partition coefficient (Wildman–Crippen LogP) is 3.07. The van der Waals surface area contributed by atoms with Crippen molar-refractivity contribution in [1.82, 2.24) is 24.5 Å². The molecule has 0 aliphatic heterocycles. The van der Waals surface area contributed by atoms with Gasteiger partial charge in [-0.05, 0) is 6.07 Å². The third-order valence-corrected chi connectivity index (χ3v) is 4.05. The SMILES string of the molecule is O[C@@H](Cn1cnc(-c2ccccc2)c1-c1ncc[nH]1)c1cccnc1. The van der Waals surface area contributed by atoms with Crippen LogP contribution in [0.4, 0.5) is 0 Å². The Morgan fingerprint density at radius 1 is 1.04 bits per heavy atom. The molecule has 0 bridgehead atoms. The molecule has 0 fully saturated rings. The molecule has 1 aromatic carbocycles. The number of rotatable bonds is 5. The number of nitrogens with zero attached hydrogens (tertiary/aromatic N) is 4. The van der Waals surface area contributed by atoms with Gasteiger partial charge >= 0.3 is 0 Å². The zero-order valence-electron chi connectivity index (χ0n) is 13.4. The lowest BCUT2D eigenvalue weighted by atomic mass is 10.1. The lowest BCUT2D eigenvalue weighted by Crippen LogP contribution is -2.09. The van der Waals surface area contributed by atoms with Crippen LogP contribution in [0.3, 0.4) is 0 Å². The van der Waals surface area contributed by atoms with Crippen LogP contribution in [0.2, 0.25) is 0 Å². The fraction of sp³-hybridized carbons (Fsp3) is 0.105. The minimum atomic E-state index is -0.680. The van der Waals surface area contributed by atoms with E-state index in [1.54, 1.807) is 31.1 Å². The Balaban J connectivity index is 1.75. The maximum Gasteiger partial charge on any atom is 0.156 e. The van der Waals surface area contributed by atoms with Crippen LogP contribution in [-0.2, 0) is 6.54 Å². The van der Waals surface area contributed by atoms with Gasteiger partial charge in [-0.2, -0.15) is 0 Å². The van der Waals surface area contributed by atoms with Crippen molar-refractivity contribution in [2.45, 2.75) is 12.6 Å². The molecule has 4 aromatic rings. The van der Waals surface area contributed by atoms with E-state index in [0.29, 0.717) is 6.54 Å². The van der Waals surface area contributed by atoms with Crippen molar-refractivity contribution in [3.8, 4) is 22.8 Å². The number of hydrogen-bond donors (Lipinski definition) is 2. The number of hydrogen-bond acceptors (Lipinski definition) is 4. The molecule has 0 aliphatic carbocycles. The fourth-order valence-corrected chi connectivity index (χ4v) is 2.84. The molecule has 0 saturated carbocycles. The van der Waals surface area contributed by atoms with Crippen LogP contribution in [0, 0.1) is 0 Å². The number of benzene rings is 1. The van der Waals surface area contributed by atoms with Gasteiger partial charge in [0, 0.05) is 35.9 Å². The Hall–Kier alpha value is -3.25. The highest BCUT2D eigenvalue weighted by molar-refractivity contribution is 5.75. The molecule has 0 aliphatic rings. The number of imidazole rings is 2. The molecule has 6 nitrogen and oxygen atoms in total. The highest BCUT2D eigenvalue weighted by Crippen LogP contribution is 2.30. The van der Waals surface area contributed by atoms with Crippen LogP contribution in [0.15, 0.2) is 73.6 Å². The number of aliphatic hydroxyl groups is 1. The average molecular weight is 331 g/mol. The Morgan fingerprint density at radius 2 is 1.92 bits per heavy atom. The number of aromatic amines is 1. The van der Waals surface area contributed by atoms with Gasteiger partial charge in [0.1, 0.15) is 5.69 Å². The quantitative estimate of drug-likeness (QED) is 0.589. The first kappa shape index (κ1) is 15.3. The van der Waals surface area contributed by atoms with Crippen molar-refractivity contribution < 1.29 is 5.11 Å². The minimum absolute atomic E-state index is 0.363. The first-order valence-electron chi connectivity index (χ1n) is 8.01. The van der Waals surface area contributed by atoms with Crippen LogP contribution in [0.25, 0.3) is 22.8 Å².